The van der Waals surface area contributed by atoms with Gasteiger partial charge in [0.2, 0.25) is 0 Å². The van der Waals surface area contributed by atoms with Crippen molar-refractivity contribution >= 4 is 17.3 Å². The highest BCUT2D eigenvalue weighted by atomic mass is 19.1. The first-order valence-electron chi connectivity index (χ1n) is 7.48. The quantitative estimate of drug-likeness (QED) is 0.684. The van der Waals surface area contributed by atoms with Crippen LogP contribution in [0.5, 0.6) is 0 Å². The number of esters is 1. The van der Waals surface area contributed by atoms with E-state index in [2.05, 4.69) is 13.8 Å². The third-order valence-corrected chi connectivity index (χ3v) is 3.99. The Bertz CT molecular complexity index is 531. The van der Waals surface area contributed by atoms with Crippen molar-refractivity contribution in [3.63, 3.8) is 0 Å². The number of nitrogen functional groups attached to an aromatic ring is 1. The molecule has 0 aromatic heterocycles. The van der Waals surface area contributed by atoms with E-state index < -0.39 is 5.97 Å². The van der Waals surface area contributed by atoms with Crippen LogP contribution in [0.3, 0.4) is 0 Å². The summed E-state index contributed by atoms with van der Waals surface area (Å²) in [6.45, 7) is 7.05. The van der Waals surface area contributed by atoms with Gasteiger partial charge in [0.05, 0.1) is 17.9 Å². The molecular weight excluding hydrogens is 271 g/mol. The van der Waals surface area contributed by atoms with Crippen molar-refractivity contribution in [2.24, 2.45) is 5.92 Å². The predicted octanol–water partition coefficient (Wildman–Crippen LogP) is 3.21. The smallest absolute Gasteiger partial charge is 0.340 e. The van der Waals surface area contributed by atoms with Crippen LogP contribution in [-0.4, -0.2) is 25.2 Å². The molecule has 1 unspecified atom stereocenters. The lowest BCUT2D eigenvalue weighted by atomic mass is 10.0. The van der Waals surface area contributed by atoms with Gasteiger partial charge >= 0.3 is 5.97 Å². The molecule has 0 saturated carbocycles. The van der Waals surface area contributed by atoms with Crippen molar-refractivity contribution in [2.75, 3.05) is 23.8 Å². The van der Waals surface area contributed by atoms with Gasteiger partial charge in [-0.3, -0.25) is 0 Å². The molecule has 2 rings (SSSR count). The van der Waals surface area contributed by atoms with E-state index in [1.54, 1.807) is 6.92 Å². The Kier molecular flexibility index (Phi) is 4.70. The molecule has 21 heavy (non-hydrogen) atoms. The van der Waals surface area contributed by atoms with Crippen molar-refractivity contribution in [3.05, 3.63) is 23.5 Å². The number of ether oxygens (including phenoxy) is 1. The van der Waals surface area contributed by atoms with Gasteiger partial charge in [-0.1, -0.05) is 13.8 Å². The second kappa shape index (κ2) is 6.33. The summed E-state index contributed by atoms with van der Waals surface area (Å²) < 4.78 is 19.3. The average Bonchev–Trinajstić information content (AvgIpc) is 2.88. The Balaban J connectivity index is 2.39. The summed E-state index contributed by atoms with van der Waals surface area (Å²) in [4.78, 5) is 14.0. The Labute approximate surface area is 125 Å². The molecule has 0 amide bonds. The van der Waals surface area contributed by atoms with E-state index in [0.717, 1.165) is 19.4 Å². The standard InChI is InChI=1S/C16H23FN2O2/c1-4-21-16(20)11-8-15(12(17)9-13(11)18)19-7-5-6-14(19)10(2)3/h8-10,14H,4-7,18H2,1-3H3. The van der Waals surface area contributed by atoms with Crippen LogP contribution in [0.1, 0.15) is 44.0 Å². The zero-order chi connectivity index (χ0) is 15.6. The number of hydrogen-bond donors (Lipinski definition) is 1. The summed E-state index contributed by atoms with van der Waals surface area (Å²) in [5.74, 6) is -0.458. The molecule has 0 spiro atoms. The zero-order valence-electron chi connectivity index (χ0n) is 12.9. The maximum absolute atomic E-state index is 14.3. The second-order valence-electron chi connectivity index (χ2n) is 5.76. The molecule has 0 radical (unpaired) electrons. The third kappa shape index (κ3) is 3.12. The van der Waals surface area contributed by atoms with Crippen LogP contribution in [-0.2, 0) is 4.74 Å². The summed E-state index contributed by atoms with van der Waals surface area (Å²) in [7, 11) is 0. The van der Waals surface area contributed by atoms with Crippen LogP contribution in [0.2, 0.25) is 0 Å². The molecule has 116 valence electrons. The van der Waals surface area contributed by atoms with E-state index in [9.17, 15) is 9.18 Å². The minimum absolute atomic E-state index is 0.120. The molecule has 4 nitrogen and oxygen atoms in total. The minimum atomic E-state index is -0.503. The lowest BCUT2D eigenvalue weighted by Gasteiger charge is -2.30. The molecule has 1 aromatic carbocycles. The Hall–Kier alpha value is -1.78. The lowest BCUT2D eigenvalue weighted by molar-refractivity contribution is 0.0527. The van der Waals surface area contributed by atoms with Crippen LogP contribution >= 0.6 is 0 Å². The van der Waals surface area contributed by atoms with Gasteiger partial charge in [0, 0.05) is 18.3 Å². The first kappa shape index (κ1) is 15.6. The van der Waals surface area contributed by atoms with Crippen molar-refractivity contribution in [1.82, 2.24) is 0 Å². The SMILES string of the molecule is CCOC(=O)c1cc(N2CCCC2C(C)C)c(F)cc1N. The monoisotopic (exact) mass is 294 g/mol. The van der Waals surface area contributed by atoms with Gasteiger partial charge in [0.1, 0.15) is 5.82 Å². The number of anilines is 2. The van der Waals surface area contributed by atoms with Crippen molar-refractivity contribution in [1.29, 1.82) is 0 Å². The Morgan fingerprint density at radius 3 is 2.86 bits per heavy atom. The molecule has 0 aliphatic carbocycles. The predicted molar refractivity (Wildman–Crippen MR) is 82.0 cm³/mol. The first-order chi connectivity index (χ1) is 9.95. The fourth-order valence-electron chi connectivity index (χ4n) is 2.97. The van der Waals surface area contributed by atoms with Gasteiger partial charge < -0.3 is 15.4 Å². The number of carbonyl (C=O) groups excluding carboxylic acids is 1. The number of hydrogen-bond acceptors (Lipinski definition) is 4. The highest BCUT2D eigenvalue weighted by molar-refractivity contribution is 5.96. The van der Waals surface area contributed by atoms with Gasteiger partial charge in [-0.2, -0.15) is 0 Å². The van der Waals surface area contributed by atoms with E-state index in [-0.39, 0.29) is 29.7 Å². The van der Waals surface area contributed by atoms with E-state index in [4.69, 9.17) is 10.5 Å². The molecule has 1 heterocycles. The van der Waals surface area contributed by atoms with Crippen molar-refractivity contribution in [3.8, 4) is 0 Å². The number of nitrogens with two attached hydrogens (primary N) is 1. The summed E-state index contributed by atoms with van der Waals surface area (Å²) in [5.41, 5.74) is 6.56. The molecule has 2 N–H and O–H groups in total. The summed E-state index contributed by atoms with van der Waals surface area (Å²) in [6, 6.07) is 3.04. The fraction of sp³-hybridized carbons (Fsp3) is 0.562. The normalized spacial score (nSPS) is 18.3. The molecule has 0 bridgehead atoms. The largest absolute Gasteiger partial charge is 0.462 e. The second-order valence-corrected chi connectivity index (χ2v) is 5.76. The highest BCUT2D eigenvalue weighted by Crippen LogP contribution is 2.34. The summed E-state index contributed by atoms with van der Waals surface area (Å²) >= 11 is 0. The van der Waals surface area contributed by atoms with E-state index in [0.29, 0.717) is 11.6 Å². The summed E-state index contributed by atoms with van der Waals surface area (Å²) in [5, 5.41) is 0. The van der Waals surface area contributed by atoms with Crippen molar-refractivity contribution < 1.29 is 13.9 Å². The first-order valence-corrected chi connectivity index (χ1v) is 7.48. The number of nitrogens with zero attached hydrogens (tertiary/aromatic N) is 1. The lowest BCUT2D eigenvalue weighted by Crippen LogP contribution is -2.34. The molecule has 1 aliphatic heterocycles. The number of carbonyl (C=O) groups is 1. The average molecular weight is 294 g/mol. The van der Waals surface area contributed by atoms with E-state index in [1.807, 2.05) is 4.90 Å². The van der Waals surface area contributed by atoms with Gasteiger partial charge in [-0.25, -0.2) is 9.18 Å². The fourth-order valence-corrected chi connectivity index (χ4v) is 2.97. The molecule has 1 fully saturated rings. The topological polar surface area (TPSA) is 55.6 Å². The van der Waals surface area contributed by atoms with Crippen molar-refractivity contribution in [2.45, 2.75) is 39.7 Å². The molecule has 1 aromatic rings. The van der Waals surface area contributed by atoms with Gasteiger partial charge in [0.15, 0.2) is 0 Å². The minimum Gasteiger partial charge on any atom is -0.462 e. The van der Waals surface area contributed by atoms with Crippen LogP contribution < -0.4 is 10.6 Å². The van der Waals surface area contributed by atoms with E-state index in [1.165, 1.54) is 12.1 Å². The Morgan fingerprint density at radius 1 is 1.52 bits per heavy atom. The van der Waals surface area contributed by atoms with Gasteiger partial charge in [-0.05, 0) is 37.8 Å². The van der Waals surface area contributed by atoms with Crippen LogP contribution in [0.25, 0.3) is 0 Å². The maximum Gasteiger partial charge on any atom is 0.340 e. The van der Waals surface area contributed by atoms with Crippen LogP contribution in [0, 0.1) is 11.7 Å². The highest BCUT2D eigenvalue weighted by Gasteiger charge is 2.30. The third-order valence-electron chi connectivity index (χ3n) is 3.99. The molecular formula is C16H23FN2O2. The molecule has 1 aliphatic rings. The molecule has 5 heteroatoms. The number of benzene rings is 1. The van der Waals surface area contributed by atoms with Gasteiger partial charge in [0.25, 0.3) is 0 Å². The van der Waals surface area contributed by atoms with Crippen LogP contribution in [0.4, 0.5) is 15.8 Å². The van der Waals surface area contributed by atoms with Crippen LogP contribution in [0.15, 0.2) is 12.1 Å². The molecule has 1 saturated heterocycles. The summed E-state index contributed by atoms with van der Waals surface area (Å²) in [6.07, 6.45) is 2.07. The number of halogens is 1. The zero-order valence-corrected chi connectivity index (χ0v) is 12.9. The van der Waals surface area contributed by atoms with Gasteiger partial charge in [-0.15, -0.1) is 0 Å². The Morgan fingerprint density at radius 2 is 2.24 bits per heavy atom. The molecule has 1 atom stereocenters. The van der Waals surface area contributed by atoms with E-state index >= 15 is 0 Å². The maximum atomic E-state index is 14.3. The number of rotatable bonds is 4.